The Labute approximate surface area is 200 Å². The van der Waals surface area contributed by atoms with E-state index in [0.29, 0.717) is 12.8 Å². The molecule has 2 heterocycles. The van der Waals surface area contributed by atoms with Crippen molar-refractivity contribution in [3.63, 3.8) is 0 Å². The van der Waals surface area contributed by atoms with Gasteiger partial charge in [-0.2, -0.15) is 18.3 Å². The lowest BCUT2D eigenvalue weighted by atomic mass is 9.75. The van der Waals surface area contributed by atoms with Crippen molar-refractivity contribution in [1.82, 2.24) is 20.0 Å². The minimum Gasteiger partial charge on any atom is -0.340 e. The van der Waals surface area contributed by atoms with Crippen molar-refractivity contribution in [2.24, 2.45) is 0 Å². The maximum atomic E-state index is 13.6. The summed E-state index contributed by atoms with van der Waals surface area (Å²) in [6.07, 6.45) is -0.0549. The van der Waals surface area contributed by atoms with Crippen molar-refractivity contribution < 1.29 is 27.6 Å². The van der Waals surface area contributed by atoms with Gasteiger partial charge in [-0.25, -0.2) is 0 Å². The van der Waals surface area contributed by atoms with E-state index in [0.717, 1.165) is 59.7 Å². The third kappa shape index (κ3) is 4.23. The molecule has 2 aromatic rings. The first kappa shape index (κ1) is 23.6. The van der Waals surface area contributed by atoms with Crippen LogP contribution in [0.25, 0.3) is 0 Å². The van der Waals surface area contributed by atoms with Gasteiger partial charge < -0.3 is 4.90 Å². The Hall–Kier alpha value is -3.17. The summed E-state index contributed by atoms with van der Waals surface area (Å²) in [6, 6.07) is 4.23. The zero-order chi connectivity index (χ0) is 25.0. The van der Waals surface area contributed by atoms with Crippen LogP contribution in [0.3, 0.4) is 0 Å². The van der Waals surface area contributed by atoms with Gasteiger partial charge in [0.2, 0.25) is 17.7 Å². The summed E-state index contributed by atoms with van der Waals surface area (Å²) < 4.78 is 40.4. The predicted octanol–water partition coefficient (Wildman–Crippen LogP) is 3.52. The van der Waals surface area contributed by atoms with E-state index in [-0.39, 0.29) is 31.0 Å². The normalized spacial score (nSPS) is 22.5. The van der Waals surface area contributed by atoms with Crippen molar-refractivity contribution in [2.45, 2.75) is 75.5 Å². The molecule has 0 bridgehead atoms. The molecule has 2 fully saturated rings. The number of carbonyl (C=O) groups is 3. The van der Waals surface area contributed by atoms with E-state index in [4.69, 9.17) is 0 Å². The van der Waals surface area contributed by atoms with E-state index in [2.05, 4.69) is 10.2 Å². The van der Waals surface area contributed by atoms with Gasteiger partial charge in [0.05, 0.1) is 23.2 Å². The quantitative estimate of drug-likeness (QED) is 0.631. The highest BCUT2D eigenvalue weighted by Crippen LogP contribution is 2.45. The molecular weight excluding hydrogens is 461 g/mol. The maximum Gasteiger partial charge on any atom is 0.416 e. The lowest BCUT2D eigenvalue weighted by Crippen LogP contribution is -2.43. The fourth-order valence-corrected chi connectivity index (χ4v) is 5.31. The number of hydrogen-bond donors (Lipinski definition) is 1. The molecule has 10 heteroatoms. The van der Waals surface area contributed by atoms with Gasteiger partial charge in [-0.1, -0.05) is 18.2 Å². The average molecular weight is 489 g/mol. The number of alkyl halides is 3. The topological polar surface area (TPSA) is 86.4 Å². The van der Waals surface area contributed by atoms with Gasteiger partial charge in [0.15, 0.2) is 0 Å². The van der Waals surface area contributed by atoms with Gasteiger partial charge in [-0.05, 0) is 55.7 Å². The molecule has 0 spiro atoms. The minimum atomic E-state index is -4.61. The lowest BCUT2D eigenvalue weighted by Gasteiger charge is -2.29. The Bertz CT molecular complexity index is 1190. The summed E-state index contributed by atoms with van der Waals surface area (Å²) in [4.78, 5) is 42.4. The number of amides is 3. The molecule has 186 valence electrons. The van der Waals surface area contributed by atoms with E-state index in [1.165, 1.54) is 17.0 Å². The fourth-order valence-electron chi connectivity index (χ4n) is 5.31. The van der Waals surface area contributed by atoms with Crippen molar-refractivity contribution in [3.05, 3.63) is 52.3 Å². The maximum absolute atomic E-state index is 13.6. The molecule has 0 radical (unpaired) electrons. The van der Waals surface area contributed by atoms with Gasteiger partial charge in [-0.3, -0.25) is 24.4 Å². The molecule has 1 atom stereocenters. The summed E-state index contributed by atoms with van der Waals surface area (Å²) in [5, 5.41) is 7.40. The number of carbonyl (C=O) groups excluding carboxylic acids is 3. The molecule has 5 rings (SSSR count). The predicted molar refractivity (Wildman–Crippen MR) is 119 cm³/mol. The molecule has 0 unspecified atom stereocenters. The van der Waals surface area contributed by atoms with Crippen molar-refractivity contribution in [3.8, 4) is 0 Å². The Morgan fingerprint density at radius 2 is 1.97 bits per heavy atom. The first-order valence-electron chi connectivity index (χ1n) is 11.9. The number of likely N-dealkylation sites (tertiary alicyclic amines) is 1. The van der Waals surface area contributed by atoms with Crippen LogP contribution in [0.1, 0.15) is 66.6 Å². The highest BCUT2D eigenvalue weighted by atomic mass is 19.4. The average Bonchev–Trinajstić information content (AvgIpc) is 3.52. The SMILES string of the molecule is CN(Cc1n[nH]c2c1CCCC2)C(=O)C[C@]1(c2cccc(C(F)(F)F)c2)CC(=O)N(C2CC2)C1=O. The summed E-state index contributed by atoms with van der Waals surface area (Å²) in [5.74, 6) is -1.44. The van der Waals surface area contributed by atoms with Gasteiger partial charge in [0.25, 0.3) is 0 Å². The van der Waals surface area contributed by atoms with Crippen LogP contribution in [0, 0.1) is 0 Å². The molecule has 1 aliphatic heterocycles. The molecule has 1 aromatic heterocycles. The first-order chi connectivity index (χ1) is 16.6. The fraction of sp³-hybridized carbons (Fsp3) is 0.520. The Balaban J connectivity index is 1.45. The molecule has 1 saturated heterocycles. The number of nitrogens with one attached hydrogen (secondary N) is 1. The number of imide groups is 1. The number of aryl methyl sites for hydroxylation is 1. The zero-order valence-corrected chi connectivity index (χ0v) is 19.5. The molecule has 35 heavy (non-hydrogen) atoms. The van der Waals surface area contributed by atoms with Crippen LogP contribution in [-0.2, 0) is 45.4 Å². The van der Waals surface area contributed by atoms with Crippen LogP contribution in [0.15, 0.2) is 24.3 Å². The molecule has 1 saturated carbocycles. The molecule has 2 aliphatic carbocycles. The van der Waals surface area contributed by atoms with Crippen LogP contribution >= 0.6 is 0 Å². The molecule has 1 aromatic carbocycles. The lowest BCUT2D eigenvalue weighted by molar-refractivity contribution is -0.143. The molecule has 3 aliphatic rings. The van der Waals surface area contributed by atoms with Gasteiger partial charge in [0, 0.05) is 31.6 Å². The van der Waals surface area contributed by atoms with Gasteiger partial charge >= 0.3 is 6.18 Å². The number of aromatic nitrogens is 2. The number of benzene rings is 1. The standard InChI is InChI=1S/C25H27F3N4O3/c1-31(14-20-18-7-2-3-8-19(18)29-30-20)21(33)12-24(13-22(34)32(23(24)35)17-9-10-17)15-5-4-6-16(11-15)25(26,27)28/h4-6,11,17H,2-3,7-10,12-14H2,1H3,(H,29,30)/t24-/m1/s1. The summed E-state index contributed by atoms with van der Waals surface area (Å²) in [6.45, 7) is 0.220. The highest BCUT2D eigenvalue weighted by molar-refractivity contribution is 6.11. The van der Waals surface area contributed by atoms with Crippen LogP contribution in [-0.4, -0.2) is 50.8 Å². The van der Waals surface area contributed by atoms with Gasteiger partial charge in [0.1, 0.15) is 0 Å². The highest BCUT2D eigenvalue weighted by Gasteiger charge is 2.57. The van der Waals surface area contributed by atoms with Crippen molar-refractivity contribution >= 4 is 17.7 Å². The summed E-state index contributed by atoms with van der Waals surface area (Å²) >= 11 is 0. The smallest absolute Gasteiger partial charge is 0.340 e. The number of hydrogen-bond acceptors (Lipinski definition) is 4. The van der Waals surface area contributed by atoms with Crippen molar-refractivity contribution in [1.29, 1.82) is 0 Å². The third-order valence-corrected chi connectivity index (χ3v) is 7.41. The monoisotopic (exact) mass is 488 g/mol. The van der Waals surface area contributed by atoms with E-state index >= 15 is 0 Å². The number of fused-ring (bicyclic) bond motifs is 1. The van der Waals surface area contributed by atoms with Crippen LogP contribution < -0.4 is 0 Å². The Morgan fingerprint density at radius 3 is 2.69 bits per heavy atom. The first-order valence-corrected chi connectivity index (χ1v) is 11.9. The van der Waals surface area contributed by atoms with E-state index in [1.54, 1.807) is 7.05 Å². The third-order valence-electron chi connectivity index (χ3n) is 7.41. The zero-order valence-electron chi connectivity index (χ0n) is 19.5. The molecular formula is C25H27F3N4O3. The number of H-pyrrole nitrogens is 1. The van der Waals surface area contributed by atoms with Crippen LogP contribution in [0.2, 0.25) is 0 Å². The van der Waals surface area contributed by atoms with Crippen LogP contribution in [0.5, 0.6) is 0 Å². The summed E-state index contributed by atoms with van der Waals surface area (Å²) in [5.41, 5.74) is 0.421. The molecule has 1 N–H and O–H groups in total. The molecule has 7 nitrogen and oxygen atoms in total. The Morgan fingerprint density at radius 1 is 1.23 bits per heavy atom. The van der Waals surface area contributed by atoms with E-state index < -0.39 is 34.9 Å². The van der Waals surface area contributed by atoms with E-state index in [9.17, 15) is 27.6 Å². The van der Waals surface area contributed by atoms with Crippen LogP contribution in [0.4, 0.5) is 13.2 Å². The largest absolute Gasteiger partial charge is 0.416 e. The number of rotatable bonds is 6. The second kappa shape index (κ2) is 8.49. The second-order valence-electron chi connectivity index (χ2n) is 9.90. The number of aromatic amines is 1. The number of nitrogens with zero attached hydrogens (tertiary/aromatic N) is 3. The van der Waals surface area contributed by atoms with Crippen molar-refractivity contribution in [2.75, 3.05) is 7.05 Å². The minimum absolute atomic E-state index is 0.0488. The number of halogens is 3. The van der Waals surface area contributed by atoms with E-state index in [1.807, 2.05) is 0 Å². The van der Waals surface area contributed by atoms with Gasteiger partial charge in [-0.15, -0.1) is 0 Å². The second-order valence-corrected chi connectivity index (χ2v) is 9.90. The summed E-state index contributed by atoms with van der Waals surface area (Å²) in [7, 11) is 1.59. The Kier molecular flexibility index (Phi) is 5.72. The molecule has 3 amide bonds.